The maximum Gasteiger partial charge on any atom is 0.145 e. The Bertz CT molecular complexity index is 584. The molecule has 1 aromatic heterocycles. The average molecular weight is 370 g/mol. The van der Waals surface area contributed by atoms with E-state index < -0.39 is 0 Å². The van der Waals surface area contributed by atoms with Crippen LogP contribution in [-0.4, -0.2) is 10.5 Å². The molecule has 2 atom stereocenters. The Balaban J connectivity index is 1.68. The van der Waals surface area contributed by atoms with Crippen LogP contribution in [0.4, 0.5) is 5.82 Å². The van der Waals surface area contributed by atoms with Gasteiger partial charge in [0.1, 0.15) is 5.82 Å². The number of nitrogens with one attached hydrogen (secondary N) is 1. The van der Waals surface area contributed by atoms with Crippen LogP contribution in [0, 0.1) is 16.7 Å². The summed E-state index contributed by atoms with van der Waals surface area (Å²) >= 11 is 9.82. The first-order valence-corrected chi connectivity index (χ1v) is 9.05. The minimum atomic E-state index is 0.202. The van der Waals surface area contributed by atoms with Gasteiger partial charge in [-0.05, 0) is 77.3 Å². The van der Waals surface area contributed by atoms with Gasteiger partial charge < -0.3 is 5.32 Å². The molecule has 1 N–H and O–H groups in total. The van der Waals surface area contributed by atoms with Crippen LogP contribution >= 0.6 is 27.5 Å². The monoisotopic (exact) mass is 368 g/mol. The Morgan fingerprint density at radius 2 is 1.86 bits per heavy atom. The van der Waals surface area contributed by atoms with E-state index in [0.717, 1.165) is 21.2 Å². The van der Waals surface area contributed by atoms with Crippen molar-refractivity contribution in [3.8, 4) is 0 Å². The zero-order chi connectivity index (χ0) is 14.9. The van der Waals surface area contributed by atoms with Gasteiger partial charge in [0.15, 0.2) is 0 Å². The molecule has 0 saturated heterocycles. The van der Waals surface area contributed by atoms with Gasteiger partial charge in [-0.1, -0.05) is 25.4 Å². The number of nitrogens with zero attached hydrogens (tertiary/aromatic N) is 1. The third-order valence-corrected chi connectivity index (χ3v) is 6.54. The first-order chi connectivity index (χ1) is 9.79. The zero-order valence-corrected chi connectivity index (χ0v) is 15.0. The lowest BCUT2D eigenvalue weighted by Gasteiger charge is -2.65. The minimum Gasteiger partial charge on any atom is -0.363 e. The Morgan fingerprint density at radius 3 is 2.43 bits per heavy atom. The molecule has 1 heterocycles. The van der Waals surface area contributed by atoms with Gasteiger partial charge in [0.05, 0.1) is 5.02 Å². The van der Waals surface area contributed by atoms with E-state index >= 15 is 0 Å². The summed E-state index contributed by atoms with van der Waals surface area (Å²) in [6.07, 6.45) is 9.85. The fraction of sp³-hybridized carbons (Fsp3) is 0.706. The van der Waals surface area contributed by atoms with Crippen LogP contribution in [0.15, 0.2) is 16.7 Å². The highest BCUT2D eigenvalue weighted by molar-refractivity contribution is 9.10. The first-order valence-electron chi connectivity index (χ1n) is 7.88. The number of anilines is 1. The topological polar surface area (TPSA) is 24.9 Å². The smallest absolute Gasteiger partial charge is 0.145 e. The number of hydrogen-bond acceptors (Lipinski definition) is 2. The summed E-state index contributed by atoms with van der Waals surface area (Å²) in [5.41, 5.74) is 1.21. The van der Waals surface area contributed by atoms with Gasteiger partial charge in [0, 0.05) is 16.2 Å². The standard InChI is InChI=1S/C17H22BrClN2/c1-15-4-11-5-16(2,8-15)10-17(6-11,9-15)21-14-13(19)3-12(18)7-20-14/h3,7,11H,4-6,8-10H2,1-2H3,(H,20,21). The normalized spacial score (nSPS) is 44.1. The van der Waals surface area contributed by atoms with E-state index in [2.05, 4.69) is 40.1 Å². The molecule has 4 fully saturated rings. The van der Waals surface area contributed by atoms with Crippen LogP contribution in [-0.2, 0) is 0 Å². The Kier molecular flexibility index (Phi) is 2.99. The van der Waals surface area contributed by atoms with E-state index in [1.54, 1.807) is 0 Å². The second-order valence-corrected chi connectivity index (χ2v) is 9.84. The van der Waals surface area contributed by atoms with Crippen molar-refractivity contribution in [3.05, 3.63) is 21.8 Å². The van der Waals surface area contributed by atoms with Crippen LogP contribution in [0.1, 0.15) is 52.4 Å². The molecule has 4 saturated carbocycles. The van der Waals surface area contributed by atoms with Gasteiger partial charge in [0.2, 0.25) is 0 Å². The van der Waals surface area contributed by atoms with Crippen LogP contribution in [0.25, 0.3) is 0 Å². The van der Waals surface area contributed by atoms with Gasteiger partial charge in [-0.3, -0.25) is 0 Å². The summed E-state index contributed by atoms with van der Waals surface area (Å²) in [6, 6.07) is 1.93. The molecule has 0 radical (unpaired) electrons. The Hall–Kier alpha value is -0.280. The molecule has 0 aromatic carbocycles. The third kappa shape index (κ3) is 2.41. The SMILES string of the molecule is CC12CC3CC(C)(C1)CC(Nc1ncc(Br)cc1Cl)(C3)C2. The van der Waals surface area contributed by atoms with E-state index in [9.17, 15) is 0 Å². The first kappa shape index (κ1) is 14.3. The highest BCUT2D eigenvalue weighted by Gasteiger charge is 2.60. The summed E-state index contributed by atoms with van der Waals surface area (Å²) in [7, 11) is 0. The molecule has 4 bridgehead atoms. The second-order valence-electron chi connectivity index (χ2n) is 8.52. The maximum absolute atomic E-state index is 6.38. The van der Waals surface area contributed by atoms with Crippen LogP contribution < -0.4 is 5.32 Å². The van der Waals surface area contributed by atoms with Crippen molar-refractivity contribution in [3.63, 3.8) is 0 Å². The predicted molar refractivity (Wildman–Crippen MR) is 90.7 cm³/mol. The molecule has 0 spiro atoms. The van der Waals surface area contributed by atoms with Crippen LogP contribution in [0.3, 0.4) is 0 Å². The van der Waals surface area contributed by atoms with Gasteiger partial charge >= 0.3 is 0 Å². The minimum absolute atomic E-state index is 0.202. The van der Waals surface area contributed by atoms with Crippen molar-refractivity contribution >= 4 is 33.3 Å². The largest absolute Gasteiger partial charge is 0.363 e. The summed E-state index contributed by atoms with van der Waals surface area (Å²) < 4.78 is 0.933. The van der Waals surface area contributed by atoms with E-state index in [-0.39, 0.29) is 5.54 Å². The van der Waals surface area contributed by atoms with Gasteiger partial charge in [-0.2, -0.15) is 0 Å². The molecule has 2 unspecified atom stereocenters. The molecule has 21 heavy (non-hydrogen) atoms. The zero-order valence-electron chi connectivity index (χ0n) is 12.7. The lowest BCUT2D eigenvalue weighted by atomic mass is 9.43. The van der Waals surface area contributed by atoms with E-state index in [4.69, 9.17) is 11.6 Å². The molecule has 4 aliphatic carbocycles. The summed E-state index contributed by atoms with van der Waals surface area (Å²) in [5, 5.41) is 4.49. The fourth-order valence-electron chi connectivity index (χ4n) is 6.34. The molecule has 0 aliphatic heterocycles. The molecule has 114 valence electrons. The number of halogens is 2. The summed E-state index contributed by atoms with van der Waals surface area (Å²) in [5.74, 6) is 1.73. The summed E-state index contributed by atoms with van der Waals surface area (Å²) in [6.45, 7) is 4.98. The van der Waals surface area contributed by atoms with Crippen molar-refractivity contribution in [1.29, 1.82) is 0 Å². The lowest BCUT2D eigenvalue weighted by molar-refractivity contribution is -0.0973. The molecular weight excluding hydrogens is 348 g/mol. The van der Waals surface area contributed by atoms with Crippen LogP contribution in [0.5, 0.6) is 0 Å². The second kappa shape index (κ2) is 4.38. The number of rotatable bonds is 2. The van der Waals surface area contributed by atoms with Crippen molar-refractivity contribution in [1.82, 2.24) is 4.98 Å². The van der Waals surface area contributed by atoms with Crippen molar-refractivity contribution in [2.75, 3.05) is 5.32 Å². The molecule has 1 aromatic rings. The Morgan fingerprint density at radius 1 is 1.19 bits per heavy atom. The van der Waals surface area contributed by atoms with Gasteiger partial charge in [-0.15, -0.1) is 0 Å². The predicted octanol–water partition coefficient (Wildman–Crippen LogP) is 5.66. The fourth-order valence-corrected chi connectivity index (χ4v) is 7.02. The van der Waals surface area contributed by atoms with Gasteiger partial charge in [-0.25, -0.2) is 4.98 Å². The third-order valence-electron chi connectivity index (χ3n) is 5.82. The highest BCUT2D eigenvalue weighted by atomic mass is 79.9. The molecule has 4 heteroatoms. The van der Waals surface area contributed by atoms with Crippen molar-refractivity contribution < 1.29 is 0 Å². The van der Waals surface area contributed by atoms with Crippen molar-refractivity contribution in [2.45, 2.75) is 57.9 Å². The summed E-state index contributed by atoms with van der Waals surface area (Å²) in [4.78, 5) is 4.51. The maximum atomic E-state index is 6.38. The molecule has 4 aliphatic rings. The van der Waals surface area contributed by atoms with E-state index in [1.165, 1.54) is 38.5 Å². The molecule has 0 amide bonds. The average Bonchev–Trinajstić information content (AvgIpc) is 2.28. The molecular formula is C17H22BrClN2. The number of aromatic nitrogens is 1. The molecule has 5 rings (SSSR count). The Labute approximate surface area is 140 Å². The van der Waals surface area contributed by atoms with Crippen LogP contribution in [0.2, 0.25) is 5.02 Å². The number of pyridine rings is 1. The van der Waals surface area contributed by atoms with E-state index in [0.29, 0.717) is 10.8 Å². The van der Waals surface area contributed by atoms with Gasteiger partial charge in [0.25, 0.3) is 0 Å². The highest BCUT2D eigenvalue weighted by Crippen LogP contribution is 2.66. The lowest BCUT2D eigenvalue weighted by Crippen LogP contribution is -2.61. The quantitative estimate of drug-likeness (QED) is 0.727. The van der Waals surface area contributed by atoms with Crippen molar-refractivity contribution in [2.24, 2.45) is 16.7 Å². The van der Waals surface area contributed by atoms with E-state index in [1.807, 2.05) is 12.3 Å². The number of hydrogen-bond donors (Lipinski definition) is 1. The molecule has 2 nitrogen and oxygen atoms in total.